The summed E-state index contributed by atoms with van der Waals surface area (Å²) in [7, 11) is 0. The number of rotatable bonds is 3. The molecule has 1 aromatic rings. The molecule has 1 aromatic carbocycles. The van der Waals surface area contributed by atoms with Crippen LogP contribution in [0.1, 0.15) is 28.8 Å². The zero-order valence-corrected chi connectivity index (χ0v) is 12.3. The number of halogens is 4. The second kappa shape index (κ2) is 6.56. The lowest BCUT2D eigenvalue weighted by Crippen LogP contribution is -2.38. The zero-order chi connectivity index (χ0) is 16.3. The van der Waals surface area contributed by atoms with Crippen molar-refractivity contribution < 1.29 is 22.8 Å². The van der Waals surface area contributed by atoms with Gasteiger partial charge in [-0.15, -0.1) is 0 Å². The fourth-order valence-corrected chi connectivity index (χ4v) is 2.57. The molecule has 4 nitrogen and oxygen atoms in total. The van der Waals surface area contributed by atoms with Crippen LogP contribution in [0.3, 0.4) is 0 Å². The van der Waals surface area contributed by atoms with Crippen LogP contribution in [0.25, 0.3) is 0 Å². The van der Waals surface area contributed by atoms with E-state index in [0.717, 1.165) is 25.0 Å². The van der Waals surface area contributed by atoms with Crippen molar-refractivity contribution in [1.82, 2.24) is 10.2 Å². The SMILES string of the molecule is O=C(NCC(=O)N1CCCC1)c1cccc(C(F)(F)F)c1Cl. The first-order valence-electron chi connectivity index (χ1n) is 6.72. The second-order valence-corrected chi connectivity index (χ2v) is 5.31. The van der Waals surface area contributed by atoms with Crippen LogP contribution < -0.4 is 5.32 Å². The number of carbonyl (C=O) groups is 2. The minimum absolute atomic E-state index is 0.256. The molecule has 0 bridgehead atoms. The predicted molar refractivity (Wildman–Crippen MR) is 74.6 cm³/mol. The van der Waals surface area contributed by atoms with Crippen molar-refractivity contribution in [3.63, 3.8) is 0 Å². The molecule has 0 saturated carbocycles. The van der Waals surface area contributed by atoms with E-state index in [-0.39, 0.29) is 18.0 Å². The molecule has 2 rings (SSSR count). The van der Waals surface area contributed by atoms with Gasteiger partial charge in [-0.1, -0.05) is 17.7 Å². The summed E-state index contributed by atoms with van der Waals surface area (Å²) in [5.74, 6) is -1.06. The predicted octanol–water partition coefficient (Wildman–Crippen LogP) is 2.71. The van der Waals surface area contributed by atoms with Crippen LogP contribution in [0.2, 0.25) is 5.02 Å². The Bertz CT molecular complexity index is 584. The topological polar surface area (TPSA) is 49.4 Å². The molecule has 1 saturated heterocycles. The normalized spacial score (nSPS) is 15.0. The maximum absolute atomic E-state index is 12.7. The molecule has 0 aromatic heterocycles. The van der Waals surface area contributed by atoms with E-state index in [4.69, 9.17) is 11.6 Å². The van der Waals surface area contributed by atoms with E-state index in [9.17, 15) is 22.8 Å². The molecule has 8 heteroatoms. The monoisotopic (exact) mass is 334 g/mol. The lowest BCUT2D eigenvalue weighted by atomic mass is 10.1. The smallest absolute Gasteiger partial charge is 0.343 e. The highest BCUT2D eigenvalue weighted by atomic mass is 35.5. The summed E-state index contributed by atoms with van der Waals surface area (Å²) < 4.78 is 38.2. The molecular weight excluding hydrogens is 321 g/mol. The van der Waals surface area contributed by atoms with Crippen LogP contribution in [0.4, 0.5) is 13.2 Å². The highest BCUT2D eigenvalue weighted by molar-refractivity contribution is 6.34. The third kappa shape index (κ3) is 3.71. The Morgan fingerprint density at radius 1 is 1.23 bits per heavy atom. The summed E-state index contributed by atoms with van der Waals surface area (Å²) >= 11 is 5.65. The second-order valence-electron chi connectivity index (χ2n) is 4.94. The van der Waals surface area contributed by atoms with Crippen molar-refractivity contribution in [2.75, 3.05) is 19.6 Å². The number of alkyl halides is 3. The maximum Gasteiger partial charge on any atom is 0.417 e. The fraction of sp³-hybridized carbons (Fsp3) is 0.429. The van der Waals surface area contributed by atoms with Crippen molar-refractivity contribution in [2.24, 2.45) is 0 Å². The minimum Gasteiger partial charge on any atom is -0.343 e. The largest absolute Gasteiger partial charge is 0.417 e. The van der Waals surface area contributed by atoms with E-state index < -0.39 is 22.7 Å². The summed E-state index contributed by atoms with van der Waals surface area (Å²) in [6.45, 7) is 1.02. The zero-order valence-electron chi connectivity index (χ0n) is 11.5. The number of hydrogen-bond acceptors (Lipinski definition) is 2. The lowest BCUT2D eigenvalue weighted by Gasteiger charge is -2.16. The molecule has 120 valence electrons. The highest BCUT2D eigenvalue weighted by Crippen LogP contribution is 2.36. The molecular formula is C14H14ClF3N2O2. The molecule has 0 radical (unpaired) electrons. The summed E-state index contributed by atoms with van der Waals surface area (Å²) in [6.07, 6.45) is -2.81. The van der Waals surface area contributed by atoms with Crippen molar-refractivity contribution in [1.29, 1.82) is 0 Å². The highest BCUT2D eigenvalue weighted by Gasteiger charge is 2.34. The van der Waals surface area contributed by atoms with E-state index in [2.05, 4.69) is 5.32 Å². The number of carbonyl (C=O) groups excluding carboxylic acids is 2. The molecule has 22 heavy (non-hydrogen) atoms. The first-order valence-corrected chi connectivity index (χ1v) is 7.10. The molecule has 1 aliphatic rings. The number of amides is 2. The van der Waals surface area contributed by atoms with Gasteiger partial charge in [0.2, 0.25) is 5.91 Å². The Hall–Kier alpha value is -1.76. The number of hydrogen-bond donors (Lipinski definition) is 1. The van der Waals surface area contributed by atoms with E-state index in [1.807, 2.05) is 0 Å². The van der Waals surface area contributed by atoms with Gasteiger partial charge < -0.3 is 10.2 Å². The fourth-order valence-electron chi connectivity index (χ4n) is 2.26. The Morgan fingerprint density at radius 3 is 2.45 bits per heavy atom. The Morgan fingerprint density at radius 2 is 1.86 bits per heavy atom. The summed E-state index contributed by atoms with van der Waals surface area (Å²) in [6, 6.07) is 3.09. The van der Waals surface area contributed by atoms with Crippen molar-refractivity contribution >= 4 is 23.4 Å². The van der Waals surface area contributed by atoms with Gasteiger partial charge in [-0.3, -0.25) is 9.59 Å². The molecule has 1 heterocycles. The Kier molecular flexibility index (Phi) is 4.95. The van der Waals surface area contributed by atoms with E-state index in [1.165, 1.54) is 6.07 Å². The summed E-state index contributed by atoms with van der Waals surface area (Å²) in [5, 5.41) is 1.65. The quantitative estimate of drug-likeness (QED) is 0.924. The van der Waals surface area contributed by atoms with Gasteiger partial charge in [-0.05, 0) is 25.0 Å². The van der Waals surface area contributed by atoms with Gasteiger partial charge in [0, 0.05) is 13.1 Å². The molecule has 0 atom stereocenters. The van der Waals surface area contributed by atoms with Gasteiger partial charge in [0.25, 0.3) is 5.91 Å². The molecule has 0 unspecified atom stereocenters. The molecule has 2 amide bonds. The molecule has 1 aliphatic heterocycles. The number of likely N-dealkylation sites (tertiary alicyclic amines) is 1. The molecule has 0 spiro atoms. The molecule has 1 N–H and O–H groups in total. The first kappa shape index (κ1) is 16.6. The Labute approximate surface area is 130 Å². The van der Waals surface area contributed by atoms with Crippen LogP contribution in [-0.4, -0.2) is 36.3 Å². The van der Waals surface area contributed by atoms with E-state index in [1.54, 1.807) is 4.90 Å². The van der Waals surface area contributed by atoms with E-state index >= 15 is 0 Å². The third-order valence-electron chi connectivity index (χ3n) is 3.41. The van der Waals surface area contributed by atoms with Crippen LogP contribution in [0, 0.1) is 0 Å². The van der Waals surface area contributed by atoms with Crippen LogP contribution >= 0.6 is 11.6 Å². The summed E-state index contributed by atoms with van der Waals surface area (Å²) in [4.78, 5) is 25.3. The van der Waals surface area contributed by atoms with Crippen LogP contribution in [0.15, 0.2) is 18.2 Å². The average molecular weight is 335 g/mol. The lowest BCUT2D eigenvalue weighted by molar-refractivity contribution is -0.137. The van der Waals surface area contributed by atoms with Gasteiger partial charge in [0.05, 0.1) is 22.7 Å². The number of nitrogens with zero attached hydrogens (tertiary/aromatic N) is 1. The Balaban J connectivity index is 2.05. The van der Waals surface area contributed by atoms with Gasteiger partial charge >= 0.3 is 6.18 Å². The standard InChI is InChI=1S/C14H14ClF3N2O2/c15-12-9(4-3-5-10(12)14(16,17)18)13(22)19-8-11(21)20-6-1-2-7-20/h3-5H,1-2,6-8H2,(H,19,22). The van der Waals surface area contributed by atoms with Gasteiger partial charge in [0.1, 0.15) is 0 Å². The van der Waals surface area contributed by atoms with Crippen LogP contribution in [-0.2, 0) is 11.0 Å². The maximum atomic E-state index is 12.7. The first-order chi connectivity index (χ1) is 10.3. The van der Waals surface area contributed by atoms with Crippen molar-refractivity contribution in [3.05, 3.63) is 34.3 Å². The number of benzene rings is 1. The minimum atomic E-state index is -4.64. The number of nitrogens with one attached hydrogen (secondary N) is 1. The van der Waals surface area contributed by atoms with Gasteiger partial charge in [0.15, 0.2) is 0 Å². The van der Waals surface area contributed by atoms with Gasteiger partial charge in [-0.2, -0.15) is 13.2 Å². The van der Waals surface area contributed by atoms with E-state index in [0.29, 0.717) is 13.1 Å². The molecule has 0 aliphatic carbocycles. The van der Waals surface area contributed by atoms with Crippen molar-refractivity contribution in [3.8, 4) is 0 Å². The van der Waals surface area contributed by atoms with Crippen LogP contribution in [0.5, 0.6) is 0 Å². The van der Waals surface area contributed by atoms with Crippen molar-refractivity contribution in [2.45, 2.75) is 19.0 Å². The van der Waals surface area contributed by atoms with Gasteiger partial charge in [-0.25, -0.2) is 0 Å². The summed E-state index contributed by atoms with van der Waals surface area (Å²) in [5.41, 5.74) is -1.38. The molecule has 1 fully saturated rings. The third-order valence-corrected chi connectivity index (χ3v) is 3.81. The average Bonchev–Trinajstić information content (AvgIpc) is 2.97.